The van der Waals surface area contributed by atoms with Crippen LogP contribution < -0.4 is 5.32 Å². The molecule has 1 aromatic carbocycles. The first kappa shape index (κ1) is 18.8. The van der Waals surface area contributed by atoms with E-state index in [1.807, 2.05) is 25.1 Å². The Kier molecular flexibility index (Phi) is 5.88. The minimum Gasteiger partial charge on any atom is -0.444 e. The number of benzene rings is 1. The number of aryl methyl sites for hydroxylation is 1. The summed E-state index contributed by atoms with van der Waals surface area (Å²) in [6.07, 6.45) is -0.870. The van der Waals surface area contributed by atoms with Crippen LogP contribution in [0.4, 0.5) is 4.79 Å². The number of aliphatic hydroxyl groups is 1. The number of alkyl carbamates (subject to hydrolysis) is 1. The summed E-state index contributed by atoms with van der Waals surface area (Å²) in [6, 6.07) is 5.63. The van der Waals surface area contributed by atoms with Gasteiger partial charge >= 0.3 is 6.09 Å². The van der Waals surface area contributed by atoms with Crippen LogP contribution in [0, 0.1) is 6.92 Å². The minimum atomic E-state index is -0.810. The summed E-state index contributed by atoms with van der Waals surface area (Å²) in [5.74, 6) is 0. The molecule has 1 atom stereocenters. The lowest BCUT2D eigenvalue weighted by molar-refractivity contribution is 0.0295. The number of carbonyl (C=O) groups excluding carboxylic acids is 1. The Hall–Kier alpha value is -1.26. The maximum absolute atomic E-state index is 11.9. The van der Waals surface area contributed by atoms with Gasteiger partial charge < -0.3 is 15.2 Å². The van der Waals surface area contributed by atoms with Crippen molar-refractivity contribution in [3.05, 3.63) is 34.3 Å². The Bertz CT molecular complexity index is 535. The maximum atomic E-state index is 11.9. The third-order valence-corrected chi connectivity index (χ3v) is 3.73. The van der Waals surface area contributed by atoms with E-state index >= 15 is 0 Å². The van der Waals surface area contributed by atoms with Gasteiger partial charge in [-0.3, -0.25) is 0 Å². The third-order valence-electron chi connectivity index (χ3n) is 3.31. The zero-order chi connectivity index (χ0) is 17.1. The summed E-state index contributed by atoms with van der Waals surface area (Å²) in [7, 11) is 0. The largest absolute Gasteiger partial charge is 0.444 e. The number of nitrogens with one attached hydrogen (secondary N) is 1. The molecule has 0 aromatic heterocycles. The molecule has 1 amide bonds. The first-order valence-corrected chi connectivity index (χ1v) is 7.73. The minimum absolute atomic E-state index is 0.417. The zero-order valence-electron chi connectivity index (χ0n) is 14.2. The number of halogens is 1. The SMILES string of the molecule is Cc1cc(CC(O)C(C)(C)NC(=O)OC(C)(C)C)ccc1Cl. The molecule has 5 heteroatoms. The molecule has 1 rings (SSSR count). The van der Waals surface area contributed by atoms with Gasteiger partial charge in [0.1, 0.15) is 5.60 Å². The molecule has 0 aliphatic rings. The molecule has 0 radical (unpaired) electrons. The van der Waals surface area contributed by atoms with Gasteiger partial charge in [-0.25, -0.2) is 4.79 Å². The number of aliphatic hydroxyl groups excluding tert-OH is 1. The monoisotopic (exact) mass is 327 g/mol. The van der Waals surface area contributed by atoms with E-state index in [2.05, 4.69) is 5.32 Å². The lowest BCUT2D eigenvalue weighted by atomic mass is 9.91. The number of carbonyl (C=O) groups is 1. The molecule has 0 spiro atoms. The van der Waals surface area contributed by atoms with Crippen molar-refractivity contribution >= 4 is 17.7 Å². The third kappa shape index (κ3) is 5.85. The van der Waals surface area contributed by atoms with E-state index in [9.17, 15) is 9.90 Å². The fraction of sp³-hybridized carbons (Fsp3) is 0.588. The molecule has 0 saturated carbocycles. The molecule has 22 heavy (non-hydrogen) atoms. The van der Waals surface area contributed by atoms with Crippen LogP contribution in [0.5, 0.6) is 0 Å². The van der Waals surface area contributed by atoms with Gasteiger partial charge in [0, 0.05) is 11.4 Å². The van der Waals surface area contributed by atoms with Crippen molar-refractivity contribution in [2.45, 2.75) is 65.2 Å². The lowest BCUT2D eigenvalue weighted by Crippen LogP contribution is -2.54. The Balaban J connectivity index is 2.71. The number of hydrogen-bond donors (Lipinski definition) is 2. The van der Waals surface area contributed by atoms with Gasteiger partial charge in [-0.2, -0.15) is 0 Å². The fourth-order valence-corrected chi connectivity index (χ4v) is 2.08. The molecular formula is C17H26ClNO3. The number of hydrogen-bond acceptors (Lipinski definition) is 3. The van der Waals surface area contributed by atoms with Crippen LogP contribution in [0.15, 0.2) is 18.2 Å². The van der Waals surface area contributed by atoms with E-state index in [0.717, 1.165) is 11.1 Å². The van der Waals surface area contributed by atoms with E-state index in [4.69, 9.17) is 16.3 Å². The topological polar surface area (TPSA) is 58.6 Å². The van der Waals surface area contributed by atoms with E-state index in [1.54, 1.807) is 34.6 Å². The van der Waals surface area contributed by atoms with Gasteiger partial charge in [-0.15, -0.1) is 0 Å². The highest BCUT2D eigenvalue weighted by Crippen LogP contribution is 2.20. The average molecular weight is 328 g/mol. The van der Waals surface area contributed by atoms with Crippen LogP contribution >= 0.6 is 11.6 Å². The Morgan fingerprint density at radius 3 is 2.41 bits per heavy atom. The van der Waals surface area contributed by atoms with Gasteiger partial charge in [0.15, 0.2) is 0 Å². The van der Waals surface area contributed by atoms with Crippen LogP contribution in [0.25, 0.3) is 0 Å². The van der Waals surface area contributed by atoms with Gasteiger partial charge in [0.2, 0.25) is 0 Å². The average Bonchev–Trinajstić information content (AvgIpc) is 2.30. The van der Waals surface area contributed by atoms with Crippen molar-refractivity contribution in [3.63, 3.8) is 0 Å². The standard InChI is InChI=1S/C17H26ClNO3/c1-11-9-12(7-8-13(11)18)10-14(20)17(5,6)19-15(21)22-16(2,3)4/h7-9,14,20H,10H2,1-6H3,(H,19,21). The quantitative estimate of drug-likeness (QED) is 0.883. The van der Waals surface area contributed by atoms with Crippen LogP contribution in [0.3, 0.4) is 0 Å². The van der Waals surface area contributed by atoms with Gasteiger partial charge in [-0.1, -0.05) is 23.7 Å². The van der Waals surface area contributed by atoms with E-state index < -0.39 is 23.3 Å². The van der Waals surface area contributed by atoms with E-state index in [0.29, 0.717) is 11.4 Å². The highest BCUT2D eigenvalue weighted by Gasteiger charge is 2.31. The molecule has 124 valence electrons. The number of ether oxygens (including phenoxy) is 1. The van der Waals surface area contributed by atoms with Gasteiger partial charge in [-0.05, 0) is 58.7 Å². The summed E-state index contributed by atoms with van der Waals surface area (Å²) >= 11 is 6.00. The Labute approximate surface area is 137 Å². The molecule has 4 nitrogen and oxygen atoms in total. The molecule has 2 N–H and O–H groups in total. The normalized spacial score (nSPS) is 13.6. The van der Waals surface area contributed by atoms with Crippen molar-refractivity contribution in [3.8, 4) is 0 Å². The van der Waals surface area contributed by atoms with Gasteiger partial charge in [0.05, 0.1) is 11.6 Å². The first-order valence-electron chi connectivity index (χ1n) is 7.35. The highest BCUT2D eigenvalue weighted by molar-refractivity contribution is 6.31. The molecule has 0 fully saturated rings. The van der Waals surface area contributed by atoms with Crippen molar-refractivity contribution in [2.75, 3.05) is 0 Å². The summed E-state index contributed by atoms with van der Waals surface area (Å²) in [4.78, 5) is 11.9. The van der Waals surface area contributed by atoms with Crippen molar-refractivity contribution in [2.24, 2.45) is 0 Å². The van der Waals surface area contributed by atoms with Crippen LogP contribution in [0.1, 0.15) is 45.7 Å². The summed E-state index contributed by atoms with van der Waals surface area (Å²) in [5, 5.41) is 13.9. The second kappa shape index (κ2) is 6.88. The van der Waals surface area contributed by atoms with E-state index in [-0.39, 0.29) is 0 Å². The molecule has 0 bridgehead atoms. The molecule has 0 saturated heterocycles. The molecule has 1 aromatic rings. The zero-order valence-corrected chi connectivity index (χ0v) is 14.9. The molecule has 0 aliphatic carbocycles. The summed E-state index contributed by atoms with van der Waals surface area (Å²) in [5.41, 5.74) is 0.548. The Morgan fingerprint density at radius 1 is 1.32 bits per heavy atom. The first-order chi connectivity index (χ1) is 9.90. The van der Waals surface area contributed by atoms with Crippen LogP contribution in [-0.2, 0) is 11.2 Å². The van der Waals surface area contributed by atoms with Crippen molar-refractivity contribution < 1.29 is 14.6 Å². The van der Waals surface area contributed by atoms with Crippen molar-refractivity contribution in [1.82, 2.24) is 5.32 Å². The van der Waals surface area contributed by atoms with Crippen molar-refractivity contribution in [1.29, 1.82) is 0 Å². The second-order valence-corrected chi connectivity index (χ2v) is 7.56. The van der Waals surface area contributed by atoms with Crippen LogP contribution in [0.2, 0.25) is 5.02 Å². The molecule has 0 aliphatic heterocycles. The fourth-order valence-electron chi connectivity index (χ4n) is 1.96. The number of rotatable bonds is 4. The maximum Gasteiger partial charge on any atom is 0.408 e. The van der Waals surface area contributed by atoms with Gasteiger partial charge in [0.25, 0.3) is 0 Å². The summed E-state index contributed by atoms with van der Waals surface area (Å²) < 4.78 is 5.23. The predicted molar refractivity (Wildman–Crippen MR) is 89.3 cm³/mol. The van der Waals surface area contributed by atoms with E-state index in [1.165, 1.54) is 0 Å². The highest BCUT2D eigenvalue weighted by atomic mass is 35.5. The predicted octanol–water partition coefficient (Wildman–Crippen LogP) is 3.86. The Morgan fingerprint density at radius 2 is 1.91 bits per heavy atom. The number of amides is 1. The smallest absolute Gasteiger partial charge is 0.408 e. The van der Waals surface area contributed by atoms with Crippen LogP contribution in [-0.4, -0.2) is 28.4 Å². The molecule has 1 unspecified atom stereocenters. The summed E-state index contributed by atoms with van der Waals surface area (Å²) in [6.45, 7) is 10.8. The lowest BCUT2D eigenvalue weighted by Gasteiger charge is -2.33. The molecular weight excluding hydrogens is 302 g/mol. The second-order valence-electron chi connectivity index (χ2n) is 7.15. The molecule has 0 heterocycles.